The van der Waals surface area contributed by atoms with E-state index in [1.165, 1.54) is 24.0 Å². The van der Waals surface area contributed by atoms with Crippen LogP contribution in [0.15, 0.2) is 49.1 Å². The number of halogens is 1. The summed E-state index contributed by atoms with van der Waals surface area (Å²) in [6.07, 6.45) is 11.9. The van der Waals surface area contributed by atoms with Crippen molar-refractivity contribution < 1.29 is 9.50 Å². The van der Waals surface area contributed by atoms with Crippen LogP contribution in [0.3, 0.4) is 0 Å². The van der Waals surface area contributed by atoms with E-state index in [0.717, 1.165) is 36.8 Å². The molecule has 1 N–H and O–H groups in total. The van der Waals surface area contributed by atoms with Crippen LogP contribution in [0.4, 0.5) is 4.39 Å². The van der Waals surface area contributed by atoms with Crippen LogP contribution in [-0.2, 0) is 0 Å². The number of hydrogen-bond donors (Lipinski definition) is 1. The van der Waals surface area contributed by atoms with Crippen LogP contribution >= 0.6 is 0 Å². The van der Waals surface area contributed by atoms with Crippen molar-refractivity contribution in [2.24, 2.45) is 5.92 Å². The third-order valence-electron chi connectivity index (χ3n) is 6.54. The van der Waals surface area contributed by atoms with Gasteiger partial charge in [-0.25, -0.2) is 9.37 Å². The van der Waals surface area contributed by atoms with Gasteiger partial charge in [0.2, 0.25) is 0 Å². The fraction of sp³-hybridized carbons (Fsp3) is 0.435. The number of benzene rings is 1. The van der Waals surface area contributed by atoms with E-state index in [-0.39, 0.29) is 11.7 Å². The molecule has 5 rings (SSSR count). The molecule has 1 unspecified atom stereocenters. The van der Waals surface area contributed by atoms with E-state index in [0.29, 0.717) is 11.8 Å². The van der Waals surface area contributed by atoms with Gasteiger partial charge >= 0.3 is 0 Å². The van der Waals surface area contributed by atoms with Crippen LogP contribution in [0.1, 0.15) is 73.2 Å². The standard InChI is InChI=1S/C23H25FN2O/c24-19-9-7-16(8-10-19)15-1-5-18(6-2-15)23(27)22-20(17-3-4-17)11-12-26-14-25-13-21(22)26/h7-15,17-18,23,27H,1-6H2. The molecule has 0 aliphatic heterocycles. The quantitative estimate of drug-likeness (QED) is 0.677. The number of fused-ring (bicyclic) bond motifs is 1. The highest BCUT2D eigenvalue weighted by Crippen LogP contribution is 2.47. The van der Waals surface area contributed by atoms with Gasteiger partial charge < -0.3 is 9.51 Å². The van der Waals surface area contributed by atoms with E-state index in [2.05, 4.69) is 17.2 Å². The smallest absolute Gasteiger partial charge is 0.123 e. The fourth-order valence-corrected chi connectivity index (χ4v) is 4.84. The second-order valence-electron chi connectivity index (χ2n) is 8.25. The Labute approximate surface area is 158 Å². The second-order valence-corrected chi connectivity index (χ2v) is 8.25. The largest absolute Gasteiger partial charge is 0.388 e. The third-order valence-corrected chi connectivity index (χ3v) is 6.54. The number of aromatic nitrogens is 2. The van der Waals surface area contributed by atoms with E-state index in [4.69, 9.17) is 0 Å². The van der Waals surface area contributed by atoms with Gasteiger partial charge in [-0.2, -0.15) is 0 Å². The van der Waals surface area contributed by atoms with E-state index >= 15 is 0 Å². The molecule has 27 heavy (non-hydrogen) atoms. The lowest BCUT2D eigenvalue weighted by Gasteiger charge is -2.33. The lowest BCUT2D eigenvalue weighted by molar-refractivity contribution is 0.0810. The third kappa shape index (κ3) is 3.16. The number of hydrogen-bond acceptors (Lipinski definition) is 2. The molecule has 2 saturated carbocycles. The Hall–Kier alpha value is -2.20. The van der Waals surface area contributed by atoms with E-state index in [1.54, 1.807) is 12.1 Å². The maximum Gasteiger partial charge on any atom is 0.123 e. The van der Waals surface area contributed by atoms with Gasteiger partial charge in [-0.3, -0.25) is 0 Å². The molecule has 2 aromatic heterocycles. The molecule has 2 heterocycles. The average molecular weight is 364 g/mol. The maximum absolute atomic E-state index is 13.2. The van der Waals surface area contributed by atoms with Gasteiger partial charge in [0.15, 0.2) is 0 Å². The first-order valence-electron chi connectivity index (χ1n) is 10.1. The van der Waals surface area contributed by atoms with Crippen molar-refractivity contribution in [3.05, 3.63) is 71.6 Å². The molecule has 2 fully saturated rings. The molecule has 0 radical (unpaired) electrons. The highest BCUT2D eigenvalue weighted by atomic mass is 19.1. The molecule has 0 bridgehead atoms. The number of rotatable bonds is 4. The summed E-state index contributed by atoms with van der Waals surface area (Å²) in [6.45, 7) is 0. The van der Waals surface area contributed by atoms with Crippen molar-refractivity contribution in [2.75, 3.05) is 0 Å². The zero-order chi connectivity index (χ0) is 18.4. The summed E-state index contributed by atoms with van der Waals surface area (Å²) in [7, 11) is 0. The maximum atomic E-state index is 13.2. The molecule has 3 nitrogen and oxygen atoms in total. The van der Waals surface area contributed by atoms with E-state index < -0.39 is 6.10 Å². The molecule has 2 aliphatic rings. The van der Waals surface area contributed by atoms with Crippen LogP contribution in [-0.4, -0.2) is 14.5 Å². The first-order valence-corrected chi connectivity index (χ1v) is 10.1. The van der Waals surface area contributed by atoms with Gasteiger partial charge in [0, 0.05) is 11.8 Å². The topological polar surface area (TPSA) is 37.5 Å². The van der Waals surface area contributed by atoms with Crippen LogP contribution in [0, 0.1) is 11.7 Å². The summed E-state index contributed by atoms with van der Waals surface area (Å²) >= 11 is 0. The fourth-order valence-electron chi connectivity index (χ4n) is 4.84. The molecule has 0 amide bonds. The normalized spacial score (nSPS) is 24.2. The summed E-state index contributed by atoms with van der Waals surface area (Å²) in [6, 6.07) is 9.11. The van der Waals surface area contributed by atoms with Crippen molar-refractivity contribution >= 4 is 5.52 Å². The number of imidazole rings is 1. The average Bonchev–Trinajstić information content (AvgIpc) is 3.44. The molecular weight excluding hydrogens is 339 g/mol. The highest BCUT2D eigenvalue weighted by molar-refractivity contribution is 5.59. The monoisotopic (exact) mass is 364 g/mol. The van der Waals surface area contributed by atoms with Gasteiger partial charge in [-0.15, -0.1) is 0 Å². The minimum absolute atomic E-state index is 0.177. The predicted octanol–water partition coefficient (Wildman–Crippen LogP) is 5.36. The number of aliphatic hydroxyl groups is 1. The molecule has 3 aromatic rings. The SMILES string of the molecule is OC(c1c(C2CC2)ccn2cncc12)C1CCC(c2ccc(F)cc2)CC1. The molecule has 0 spiro atoms. The minimum atomic E-state index is -0.435. The minimum Gasteiger partial charge on any atom is -0.388 e. The Kier molecular flexibility index (Phi) is 4.24. The van der Waals surface area contributed by atoms with E-state index in [1.807, 2.05) is 29.1 Å². The molecular formula is C23H25FN2O. The first-order chi connectivity index (χ1) is 13.2. The lowest BCUT2D eigenvalue weighted by Crippen LogP contribution is -2.21. The van der Waals surface area contributed by atoms with E-state index in [9.17, 15) is 9.50 Å². The van der Waals surface area contributed by atoms with Crippen molar-refractivity contribution in [3.63, 3.8) is 0 Å². The van der Waals surface area contributed by atoms with Crippen LogP contribution in [0.25, 0.3) is 5.52 Å². The summed E-state index contributed by atoms with van der Waals surface area (Å²) in [5, 5.41) is 11.3. The van der Waals surface area contributed by atoms with Crippen molar-refractivity contribution in [1.29, 1.82) is 0 Å². The highest BCUT2D eigenvalue weighted by Gasteiger charge is 2.34. The van der Waals surface area contributed by atoms with Crippen molar-refractivity contribution in [2.45, 2.75) is 56.5 Å². The Bertz CT molecular complexity index is 937. The van der Waals surface area contributed by atoms with Gasteiger partial charge in [0.25, 0.3) is 0 Å². The Morgan fingerprint density at radius 3 is 2.37 bits per heavy atom. The van der Waals surface area contributed by atoms with Crippen molar-refractivity contribution in [1.82, 2.24) is 9.38 Å². The van der Waals surface area contributed by atoms with Crippen LogP contribution < -0.4 is 0 Å². The molecule has 1 atom stereocenters. The molecule has 4 heteroatoms. The summed E-state index contributed by atoms with van der Waals surface area (Å²) in [5.41, 5.74) is 4.69. The van der Waals surface area contributed by atoms with Crippen LogP contribution in [0.5, 0.6) is 0 Å². The number of aliphatic hydroxyl groups excluding tert-OH is 1. The van der Waals surface area contributed by atoms with Crippen molar-refractivity contribution in [3.8, 4) is 0 Å². The zero-order valence-corrected chi connectivity index (χ0v) is 15.4. The molecule has 1 aromatic carbocycles. The first kappa shape index (κ1) is 16.9. The van der Waals surface area contributed by atoms with Gasteiger partial charge in [0.05, 0.1) is 24.1 Å². The molecule has 0 saturated heterocycles. The van der Waals surface area contributed by atoms with Gasteiger partial charge in [-0.05, 0) is 85.6 Å². The Morgan fingerprint density at radius 1 is 0.963 bits per heavy atom. The second kappa shape index (κ2) is 6.75. The van der Waals surface area contributed by atoms with Gasteiger partial charge in [-0.1, -0.05) is 12.1 Å². The lowest BCUT2D eigenvalue weighted by atomic mass is 9.75. The summed E-state index contributed by atoms with van der Waals surface area (Å²) in [5.74, 6) is 1.18. The molecule has 2 aliphatic carbocycles. The van der Waals surface area contributed by atoms with Gasteiger partial charge in [0.1, 0.15) is 5.82 Å². The number of pyridine rings is 1. The summed E-state index contributed by atoms with van der Waals surface area (Å²) in [4.78, 5) is 4.29. The zero-order valence-electron chi connectivity index (χ0n) is 15.4. The van der Waals surface area contributed by atoms with Crippen LogP contribution in [0.2, 0.25) is 0 Å². The summed E-state index contributed by atoms with van der Waals surface area (Å²) < 4.78 is 15.2. The Morgan fingerprint density at radius 2 is 1.67 bits per heavy atom. The Balaban J connectivity index is 1.37. The molecule has 140 valence electrons. The predicted molar refractivity (Wildman–Crippen MR) is 103 cm³/mol. The number of nitrogens with zero attached hydrogens (tertiary/aromatic N) is 2.